The third-order valence-electron chi connectivity index (χ3n) is 10.7. The Bertz CT molecular complexity index is 1290. The number of ether oxygens (including phenoxy) is 3. The highest BCUT2D eigenvalue weighted by Crippen LogP contribution is 2.70. The molecule has 0 amide bonds. The highest BCUT2D eigenvalue weighted by atomic mass is 16.7. The van der Waals surface area contributed by atoms with Gasteiger partial charge in [0.05, 0.1) is 12.2 Å². The number of ketones is 1. The summed E-state index contributed by atoms with van der Waals surface area (Å²) in [7, 11) is 1.63. The van der Waals surface area contributed by atoms with Gasteiger partial charge >= 0.3 is 0 Å². The molecular formula is C32H43NO5. The van der Waals surface area contributed by atoms with E-state index in [1.807, 2.05) is 13.8 Å². The molecule has 0 spiro atoms. The molecule has 2 N–H and O–H groups in total. The number of rotatable bonds is 7. The Morgan fingerprint density at radius 1 is 1.21 bits per heavy atom. The van der Waals surface area contributed by atoms with Crippen molar-refractivity contribution in [3.8, 4) is 0 Å². The number of hydrogen-bond acceptors (Lipinski definition) is 5. The van der Waals surface area contributed by atoms with Crippen molar-refractivity contribution >= 4 is 16.7 Å². The summed E-state index contributed by atoms with van der Waals surface area (Å²) in [6, 6.07) is 8.51. The van der Waals surface area contributed by atoms with Crippen molar-refractivity contribution in [3.05, 3.63) is 47.2 Å². The van der Waals surface area contributed by atoms with Crippen molar-refractivity contribution in [2.24, 2.45) is 17.3 Å². The molecule has 3 saturated carbocycles. The lowest BCUT2D eigenvalue weighted by molar-refractivity contribution is -0.299. The predicted molar refractivity (Wildman–Crippen MR) is 147 cm³/mol. The van der Waals surface area contributed by atoms with Crippen LogP contribution in [0, 0.1) is 17.3 Å². The number of benzene rings is 1. The van der Waals surface area contributed by atoms with Gasteiger partial charge in [-0.2, -0.15) is 0 Å². The Hall–Kier alpha value is -1.99. The minimum Gasteiger partial charge on any atom is -0.382 e. The van der Waals surface area contributed by atoms with E-state index in [1.54, 1.807) is 13.2 Å². The van der Waals surface area contributed by atoms with Crippen LogP contribution < -0.4 is 0 Å². The second-order valence-electron chi connectivity index (χ2n) is 13.0. The fourth-order valence-corrected chi connectivity index (χ4v) is 8.41. The van der Waals surface area contributed by atoms with Crippen molar-refractivity contribution in [2.75, 3.05) is 13.7 Å². The number of aromatic nitrogens is 1. The molecule has 0 aliphatic heterocycles. The van der Waals surface area contributed by atoms with Crippen molar-refractivity contribution in [1.82, 2.24) is 4.98 Å². The summed E-state index contributed by atoms with van der Waals surface area (Å²) in [6.45, 7) is 10.7. The molecule has 0 saturated heterocycles. The van der Waals surface area contributed by atoms with Crippen LogP contribution in [-0.2, 0) is 30.8 Å². The summed E-state index contributed by atoms with van der Waals surface area (Å²) >= 11 is 0. The zero-order chi connectivity index (χ0) is 27.1. The fourth-order valence-electron chi connectivity index (χ4n) is 8.41. The average Bonchev–Trinajstić information content (AvgIpc) is 3.57. The minimum absolute atomic E-state index is 0.127. The molecule has 0 radical (unpaired) electrons. The van der Waals surface area contributed by atoms with Crippen molar-refractivity contribution < 1.29 is 24.1 Å². The summed E-state index contributed by atoms with van der Waals surface area (Å²) in [4.78, 5) is 16.6. The van der Waals surface area contributed by atoms with Crippen molar-refractivity contribution in [1.29, 1.82) is 0 Å². The molecule has 1 aromatic heterocycles. The molecule has 0 bridgehead atoms. The Kier molecular flexibility index (Phi) is 6.05. The molecule has 4 aliphatic rings. The second kappa shape index (κ2) is 8.76. The standard InChI is InChI=1S/C32H43NO5/c1-19(2)38-31(36-6)14-13-29(4)30(5)22(16-24-23-9-7-8-10-25(23)33-28(24)30)17-27(37-18-21-11-12-21)32(29,35)26(31)15-20(3)34/h7-10,15,19,21-22,27,33,35H,11-14,16-18H2,1-6H3/b26-15+/t22-,27+,29-,30-,31+,32+/m1/s1. The van der Waals surface area contributed by atoms with Crippen molar-refractivity contribution in [3.63, 3.8) is 0 Å². The minimum atomic E-state index is -1.46. The van der Waals surface area contributed by atoms with Gasteiger partial charge in [0.1, 0.15) is 5.60 Å². The van der Waals surface area contributed by atoms with E-state index in [0.29, 0.717) is 43.3 Å². The number of fused-ring (bicyclic) bond motifs is 7. The number of allylic oxidation sites excluding steroid dienone is 1. The van der Waals surface area contributed by atoms with Gasteiger partial charge in [0.25, 0.3) is 0 Å². The number of carbonyl (C=O) groups excluding carboxylic acids is 1. The molecule has 6 nitrogen and oxygen atoms in total. The monoisotopic (exact) mass is 521 g/mol. The number of para-hydroxylation sites is 1. The Labute approximate surface area is 226 Å². The van der Waals surface area contributed by atoms with Gasteiger partial charge in [-0.25, -0.2) is 0 Å². The number of nitrogens with one attached hydrogen (secondary N) is 1. The zero-order valence-corrected chi connectivity index (χ0v) is 23.7. The van der Waals surface area contributed by atoms with Crippen LogP contribution in [0.2, 0.25) is 0 Å². The van der Waals surface area contributed by atoms with E-state index in [-0.39, 0.29) is 17.3 Å². The lowest BCUT2D eigenvalue weighted by Crippen LogP contribution is -2.74. The molecule has 4 aliphatic carbocycles. The quantitative estimate of drug-likeness (QED) is 0.366. The van der Waals surface area contributed by atoms with Crippen LogP contribution in [0.25, 0.3) is 10.9 Å². The topological polar surface area (TPSA) is 80.8 Å². The molecule has 206 valence electrons. The maximum Gasteiger partial charge on any atom is 0.194 e. The highest BCUT2D eigenvalue weighted by Gasteiger charge is 2.75. The van der Waals surface area contributed by atoms with Gasteiger partial charge in [-0.15, -0.1) is 0 Å². The Balaban J connectivity index is 1.57. The smallest absolute Gasteiger partial charge is 0.194 e. The molecule has 1 heterocycles. The van der Waals surface area contributed by atoms with E-state index in [0.717, 1.165) is 11.9 Å². The predicted octanol–water partition coefficient (Wildman–Crippen LogP) is 5.61. The average molecular weight is 522 g/mol. The molecular weight excluding hydrogens is 478 g/mol. The van der Waals surface area contributed by atoms with Crippen LogP contribution in [-0.4, -0.2) is 53.2 Å². The number of methoxy groups -OCH3 is 1. The van der Waals surface area contributed by atoms with Crippen LogP contribution in [0.1, 0.15) is 78.0 Å². The van der Waals surface area contributed by atoms with E-state index in [1.165, 1.54) is 36.4 Å². The molecule has 6 rings (SSSR count). The molecule has 6 atom stereocenters. The first-order chi connectivity index (χ1) is 18.0. The summed E-state index contributed by atoms with van der Waals surface area (Å²) in [5.74, 6) is -0.457. The van der Waals surface area contributed by atoms with E-state index in [2.05, 4.69) is 43.1 Å². The van der Waals surface area contributed by atoms with E-state index in [9.17, 15) is 9.90 Å². The van der Waals surface area contributed by atoms with Gasteiger partial charge < -0.3 is 24.3 Å². The molecule has 6 heteroatoms. The normalized spacial score (nSPS) is 39.4. The van der Waals surface area contributed by atoms with Gasteiger partial charge in [0.2, 0.25) is 0 Å². The SMILES string of the molecule is CO[C@]1(OC(C)C)CC[C@]2(C)[C@@]3(C)c4[nH]c5ccccc5c4C[C@@H]3C[C@H](OCC3CC3)[C@@]2(O)/C1=C/C(C)=O. The van der Waals surface area contributed by atoms with Crippen LogP contribution in [0.4, 0.5) is 0 Å². The first-order valence-electron chi connectivity index (χ1n) is 14.4. The van der Waals surface area contributed by atoms with E-state index < -0.39 is 22.9 Å². The number of hydrogen-bond donors (Lipinski definition) is 2. The maximum atomic E-state index is 13.3. The lowest BCUT2D eigenvalue weighted by Gasteiger charge is -2.67. The maximum absolute atomic E-state index is 13.3. The van der Waals surface area contributed by atoms with Crippen LogP contribution in [0.3, 0.4) is 0 Å². The van der Waals surface area contributed by atoms with E-state index in [4.69, 9.17) is 14.2 Å². The number of aromatic amines is 1. The largest absolute Gasteiger partial charge is 0.382 e. The number of aliphatic hydroxyl groups is 1. The number of H-pyrrole nitrogens is 1. The van der Waals surface area contributed by atoms with Gasteiger partial charge in [0.15, 0.2) is 11.6 Å². The molecule has 0 unspecified atom stereocenters. The highest BCUT2D eigenvalue weighted by molar-refractivity contribution is 5.89. The molecule has 1 aromatic carbocycles. The fraction of sp³-hybridized carbons (Fsp3) is 0.656. The third kappa shape index (κ3) is 3.43. The van der Waals surface area contributed by atoms with Gasteiger partial charge in [-0.1, -0.05) is 32.0 Å². The Morgan fingerprint density at radius 2 is 1.95 bits per heavy atom. The molecule has 3 fully saturated rings. The lowest BCUT2D eigenvalue weighted by atomic mass is 9.41. The number of carbonyl (C=O) groups is 1. The van der Waals surface area contributed by atoms with Crippen molar-refractivity contribution in [2.45, 2.75) is 102 Å². The summed E-state index contributed by atoms with van der Waals surface area (Å²) in [5, 5.41) is 14.6. The van der Waals surface area contributed by atoms with Gasteiger partial charge in [0, 0.05) is 53.1 Å². The Morgan fingerprint density at radius 3 is 2.61 bits per heavy atom. The van der Waals surface area contributed by atoms with Gasteiger partial charge in [-0.3, -0.25) is 4.79 Å². The van der Waals surface area contributed by atoms with Crippen LogP contribution in [0.5, 0.6) is 0 Å². The summed E-state index contributed by atoms with van der Waals surface area (Å²) in [5.41, 5.74) is 1.80. The van der Waals surface area contributed by atoms with Gasteiger partial charge in [-0.05, 0) is 82.4 Å². The van der Waals surface area contributed by atoms with Crippen LogP contribution in [0.15, 0.2) is 35.9 Å². The van der Waals surface area contributed by atoms with Crippen LogP contribution >= 0.6 is 0 Å². The molecule has 2 aromatic rings. The third-order valence-corrected chi connectivity index (χ3v) is 10.7. The summed E-state index contributed by atoms with van der Waals surface area (Å²) in [6.07, 6.45) is 6.21. The zero-order valence-electron chi connectivity index (χ0n) is 23.7. The summed E-state index contributed by atoms with van der Waals surface area (Å²) < 4.78 is 19.3. The first-order valence-corrected chi connectivity index (χ1v) is 14.4. The molecule has 38 heavy (non-hydrogen) atoms. The first kappa shape index (κ1) is 26.2. The second-order valence-corrected chi connectivity index (χ2v) is 13.0. The van der Waals surface area contributed by atoms with E-state index >= 15 is 0 Å².